The Morgan fingerprint density at radius 3 is 2.77 bits per heavy atom. The van der Waals surface area contributed by atoms with Crippen molar-refractivity contribution in [2.45, 2.75) is 26.3 Å². The Morgan fingerprint density at radius 2 is 2.23 bits per heavy atom. The third-order valence-corrected chi connectivity index (χ3v) is 4.68. The second-order valence-electron chi connectivity index (χ2n) is 5.38. The van der Waals surface area contributed by atoms with Crippen LogP contribution in [0.15, 0.2) is 34.2 Å². The normalized spacial score (nSPS) is 12.2. The van der Waals surface area contributed by atoms with Crippen LogP contribution in [0.5, 0.6) is 5.75 Å². The highest BCUT2D eigenvalue weighted by Gasteiger charge is 2.19. The molecule has 1 aromatic heterocycles. The van der Waals surface area contributed by atoms with Crippen molar-refractivity contribution < 1.29 is 9.53 Å². The molecule has 1 heterocycles. The van der Waals surface area contributed by atoms with Crippen molar-refractivity contribution in [2.75, 3.05) is 7.11 Å². The Bertz CT molecular complexity index is 629. The van der Waals surface area contributed by atoms with Crippen LogP contribution in [0.2, 0.25) is 0 Å². The molecule has 0 radical (unpaired) electrons. The molecular formula is C16H19BrN2O2S. The van der Waals surface area contributed by atoms with Crippen LogP contribution in [0.25, 0.3) is 0 Å². The number of benzene rings is 1. The van der Waals surface area contributed by atoms with Crippen LogP contribution in [-0.2, 0) is 0 Å². The van der Waals surface area contributed by atoms with Gasteiger partial charge in [0.25, 0.3) is 5.91 Å². The quantitative estimate of drug-likeness (QED) is 0.803. The zero-order valence-electron chi connectivity index (χ0n) is 12.8. The van der Waals surface area contributed by atoms with E-state index in [0.717, 1.165) is 15.9 Å². The van der Waals surface area contributed by atoms with E-state index in [1.165, 1.54) is 0 Å². The summed E-state index contributed by atoms with van der Waals surface area (Å²) in [5, 5.41) is 5.95. The molecule has 1 aromatic carbocycles. The number of halogens is 1. The maximum absolute atomic E-state index is 12.5. The molecule has 0 aliphatic heterocycles. The first kappa shape index (κ1) is 17.0. The minimum atomic E-state index is -0.107. The molecule has 0 fully saturated rings. The summed E-state index contributed by atoms with van der Waals surface area (Å²) >= 11 is 4.97. The van der Waals surface area contributed by atoms with Crippen LogP contribution < -0.4 is 10.1 Å². The Hall–Kier alpha value is -1.40. The van der Waals surface area contributed by atoms with Gasteiger partial charge in [-0.05, 0) is 46.5 Å². The van der Waals surface area contributed by atoms with Crippen molar-refractivity contribution in [3.05, 3.63) is 44.8 Å². The standard InChI is InChI=1S/C16H19BrN2O2S/c1-10(2)8-13(16-18-6-7-22-16)19-15(20)11-4-5-14(21-3)12(17)9-11/h4-7,9-10,13H,8H2,1-3H3,(H,19,20). The molecule has 0 saturated carbocycles. The van der Waals surface area contributed by atoms with Gasteiger partial charge in [0.2, 0.25) is 0 Å². The highest BCUT2D eigenvalue weighted by molar-refractivity contribution is 9.10. The lowest BCUT2D eigenvalue weighted by molar-refractivity contribution is 0.0932. The van der Waals surface area contributed by atoms with E-state index in [9.17, 15) is 4.79 Å². The van der Waals surface area contributed by atoms with Gasteiger partial charge in [0.1, 0.15) is 10.8 Å². The Kier molecular flexibility index (Phi) is 5.97. The highest BCUT2D eigenvalue weighted by Crippen LogP contribution is 2.27. The molecule has 0 spiro atoms. The van der Waals surface area contributed by atoms with Gasteiger partial charge in [-0.3, -0.25) is 4.79 Å². The number of aromatic nitrogens is 1. The van der Waals surface area contributed by atoms with E-state index >= 15 is 0 Å². The minimum Gasteiger partial charge on any atom is -0.496 e. The number of carbonyl (C=O) groups excluding carboxylic acids is 1. The number of methoxy groups -OCH3 is 1. The van der Waals surface area contributed by atoms with Crippen LogP contribution in [0.3, 0.4) is 0 Å². The van der Waals surface area contributed by atoms with Gasteiger partial charge in [0.15, 0.2) is 0 Å². The predicted octanol–water partition coefficient (Wildman–Crippen LogP) is 4.43. The molecule has 0 aliphatic rings. The summed E-state index contributed by atoms with van der Waals surface area (Å²) in [5.41, 5.74) is 0.595. The SMILES string of the molecule is COc1ccc(C(=O)NC(CC(C)C)c2nccs2)cc1Br. The lowest BCUT2D eigenvalue weighted by Crippen LogP contribution is -2.29. The van der Waals surface area contributed by atoms with Crippen LogP contribution in [0, 0.1) is 5.92 Å². The molecule has 1 unspecified atom stereocenters. The van der Waals surface area contributed by atoms with Gasteiger partial charge >= 0.3 is 0 Å². The van der Waals surface area contributed by atoms with Gasteiger partial charge in [-0.25, -0.2) is 4.98 Å². The average molecular weight is 383 g/mol. The topological polar surface area (TPSA) is 51.2 Å². The molecule has 1 amide bonds. The zero-order valence-corrected chi connectivity index (χ0v) is 15.2. The molecule has 118 valence electrons. The Balaban J connectivity index is 2.15. The lowest BCUT2D eigenvalue weighted by atomic mass is 10.0. The second kappa shape index (κ2) is 7.74. The summed E-state index contributed by atoms with van der Waals surface area (Å²) in [7, 11) is 1.60. The first-order valence-electron chi connectivity index (χ1n) is 7.05. The molecule has 4 nitrogen and oxygen atoms in total. The lowest BCUT2D eigenvalue weighted by Gasteiger charge is -2.19. The summed E-state index contributed by atoms with van der Waals surface area (Å²) in [4.78, 5) is 16.8. The van der Waals surface area contributed by atoms with Gasteiger partial charge in [0.05, 0.1) is 17.6 Å². The Labute approximate surface area is 143 Å². The largest absolute Gasteiger partial charge is 0.496 e. The fraction of sp³-hybridized carbons (Fsp3) is 0.375. The third kappa shape index (κ3) is 4.30. The number of thiazole rings is 1. The zero-order chi connectivity index (χ0) is 16.1. The van der Waals surface area contributed by atoms with Crippen molar-refractivity contribution in [3.63, 3.8) is 0 Å². The fourth-order valence-electron chi connectivity index (χ4n) is 2.15. The van der Waals surface area contributed by atoms with Gasteiger partial charge in [-0.15, -0.1) is 11.3 Å². The number of hydrogen-bond donors (Lipinski definition) is 1. The Morgan fingerprint density at radius 1 is 1.45 bits per heavy atom. The number of hydrogen-bond acceptors (Lipinski definition) is 4. The molecule has 22 heavy (non-hydrogen) atoms. The molecule has 0 aliphatic carbocycles. The average Bonchev–Trinajstić information content (AvgIpc) is 3.00. The van der Waals surface area contributed by atoms with Crippen molar-refractivity contribution in [1.82, 2.24) is 10.3 Å². The number of carbonyl (C=O) groups is 1. The van der Waals surface area contributed by atoms with Crippen molar-refractivity contribution in [1.29, 1.82) is 0 Å². The molecule has 1 N–H and O–H groups in total. The fourth-order valence-corrected chi connectivity index (χ4v) is 3.39. The molecule has 2 rings (SSSR count). The molecule has 0 bridgehead atoms. The molecule has 1 atom stereocenters. The summed E-state index contributed by atoms with van der Waals surface area (Å²) in [6.45, 7) is 4.27. The van der Waals surface area contributed by atoms with Gasteiger partial charge in [0, 0.05) is 17.1 Å². The summed E-state index contributed by atoms with van der Waals surface area (Å²) in [6.07, 6.45) is 2.63. The summed E-state index contributed by atoms with van der Waals surface area (Å²) in [6, 6.07) is 5.24. The van der Waals surface area contributed by atoms with Crippen molar-refractivity contribution >= 4 is 33.2 Å². The van der Waals surface area contributed by atoms with Crippen molar-refractivity contribution in [3.8, 4) is 5.75 Å². The monoisotopic (exact) mass is 382 g/mol. The number of nitrogens with one attached hydrogen (secondary N) is 1. The van der Waals surface area contributed by atoms with E-state index in [4.69, 9.17) is 4.74 Å². The maximum Gasteiger partial charge on any atom is 0.251 e. The number of amides is 1. The summed E-state index contributed by atoms with van der Waals surface area (Å²) in [5.74, 6) is 1.07. The maximum atomic E-state index is 12.5. The van der Waals surface area contributed by atoms with Crippen molar-refractivity contribution in [2.24, 2.45) is 5.92 Å². The van der Waals surface area contributed by atoms with Gasteiger partial charge in [-0.2, -0.15) is 0 Å². The first-order valence-corrected chi connectivity index (χ1v) is 8.72. The molecular weight excluding hydrogens is 364 g/mol. The van der Waals surface area contributed by atoms with E-state index in [1.54, 1.807) is 42.8 Å². The van der Waals surface area contributed by atoms with Gasteiger partial charge in [-0.1, -0.05) is 13.8 Å². The highest BCUT2D eigenvalue weighted by atomic mass is 79.9. The first-order chi connectivity index (χ1) is 10.5. The van der Waals surface area contributed by atoms with Gasteiger partial charge < -0.3 is 10.1 Å². The molecule has 0 saturated heterocycles. The van der Waals surface area contributed by atoms with Crippen LogP contribution in [0.1, 0.15) is 41.7 Å². The van der Waals surface area contributed by atoms with Crippen LogP contribution >= 0.6 is 27.3 Å². The second-order valence-corrected chi connectivity index (χ2v) is 7.16. The summed E-state index contributed by atoms with van der Waals surface area (Å²) < 4.78 is 5.95. The smallest absolute Gasteiger partial charge is 0.251 e. The minimum absolute atomic E-state index is 0.0617. The third-order valence-electron chi connectivity index (χ3n) is 3.18. The van der Waals surface area contributed by atoms with Crippen LogP contribution in [-0.4, -0.2) is 18.0 Å². The molecule has 6 heteroatoms. The molecule has 2 aromatic rings. The van der Waals surface area contributed by atoms with E-state index in [1.807, 2.05) is 5.38 Å². The predicted molar refractivity (Wildman–Crippen MR) is 92.5 cm³/mol. The van der Waals surface area contributed by atoms with E-state index < -0.39 is 0 Å². The van der Waals surface area contributed by atoms with E-state index in [-0.39, 0.29) is 11.9 Å². The van der Waals surface area contributed by atoms with Crippen LogP contribution in [0.4, 0.5) is 0 Å². The van der Waals surface area contributed by atoms with E-state index in [0.29, 0.717) is 17.2 Å². The van der Waals surface area contributed by atoms with E-state index in [2.05, 4.69) is 40.1 Å². The number of rotatable bonds is 6. The number of nitrogens with zero attached hydrogens (tertiary/aromatic N) is 1. The number of ether oxygens (including phenoxy) is 1.